The number of nitrogens with two attached hydrogens (primary N) is 1. The number of methoxy groups -OCH3 is 1. The summed E-state index contributed by atoms with van der Waals surface area (Å²) in [5.41, 5.74) is 15.8. The fraction of sp³-hybridized carbons (Fsp3) is 0.381. The minimum atomic E-state index is 0.236. The maximum atomic E-state index is 6.17. The third-order valence-electron chi connectivity index (χ3n) is 4.92. The maximum Gasteiger partial charge on any atom is 0.188 e. The summed E-state index contributed by atoms with van der Waals surface area (Å²) in [6.45, 7) is 1.48. The van der Waals surface area contributed by atoms with Crippen LogP contribution in [0.1, 0.15) is 36.3 Å². The average Bonchev–Trinajstić information content (AvgIpc) is 3.49. The van der Waals surface area contributed by atoms with Gasteiger partial charge in [-0.1, -0.05) is 17.9 Å². The minimum Gasteiger partial charge on any atom is -0.467 e. The lowest BCUT2D eigenvalue weighted by atomic mass is 9.89. The number of rotatable bonds is 5. The van der Waals surface area contributed by atoms with Gasteiger partial charge in [-0.2, -0.15) is 0 Å². The Bertz CT molecular complexity index is 808. The highest BCUT2D eigenvalue weighted by Crippen LogP contribution is 2.44. The van der Waals surface area contributed by atoms with E-state index in [9.17, 15) is 0 Å². The molecule has 2 N–H and O–H groups in total. The maximum absolute atomic E-state index is 6.17. The Morgan fingerprint density at radius 2 is 2.16 bits per heavy atom. The van der Waals surface area contributed by atoms with Gasteiger partial charge in [-0.05, 0) is 60.1 Å². The Morgan fingerprint density at radius 3 is 2.96 bits per heavy atom. The fourth-order valence-electron chi connectivity index (χ4n) is 3.45. The average molecular weight is 337 g/mol. The molecule has 1 fully saturated rings. The third kappa shape index (κ3) is 3.29. The summed E-state index contributed by atoms with van der Waals surface area (Å²) in [4.78, 5) is 0. The van der Waals surface area contributed by atoms with Gasteiger partial charge in [0, 0.05) is 18.2 Å². The van der Waals surface area contributed by atoms with Gasteiger partial charge < -0.3 is 19.9 Å². The first-order chi connectivity index (χ1) is 12.3. The molecule has 0 radical (unpaired) electrons. The summed E-state index contributed by atoms with van der Waals surface area (Å²) >= 11 is 0. The predicted molar refractivity (Wildman–Crippen MR) is 97.1 cm³/mol. The quantitative estimate of drug-likeness (QED) is 0.658. The Labute approximate surface area is 148 Å². The zero-order valence-electron chi connectivity index (χ0n) is 14.5. The molecule has 25 heavy (non-hydrogen) atoms. The molecule has 0 bridgehead atoms. The molecule has 0 saturated heterocycles. The van der Waals surface area contributed by atoms with Crippen molar-refractivity contribution in [3.05, 3.63) is 64.1 Å². The van der Waals surface area contributed by atoms with E-state index in [0.717, 1.165) is 28.9 Å². The van der Waals surface area contributed by atoms with Gasteiger partial charge in [0.1, 0.15) is 5.75 Å². The van der Waals surface area contributed by atoms with Crippen LogP contribution in [0.2, 0.25) is 0 Å². The van der Waals surface area contributed by atoms with E-state index in [4.69, 9.17) is 19.9 Å². The highest BCUT2D eigenvalue weighted by atomic mass is 16.7. The lowest BCUT2D eigenvalue weighted by Crippen LogP contribution is -2.17. The van der Waals surface area contributed by atoms with E-state index in [2.05, 4.69) is 30.0 Å². The zero-order chi connectivity index (χ0) is 17.2. The van der Waals surface area contributed by atoms with Crippen LogP contribution in [-0.4, -0.2) is 27.1 Å². The molecule has 3 aliphatic rings. The Morgan fingerprint density at radius 1 is 1.28 bits per heavy atom. The molecule has 4 heteroatoms. The van der Waals surface area contributed by atoms with Crippen molar-refractivity contribution in [1.82, 2.24) is 0 Å². The van der Waals surface area contributed by atoms with Crippen LogP contribution in [0.5, 0.6) is 5.75 Å². The summed E-state index contributed by atoms with van der Waals surface area (Å²) < 4.78 is 16.7. The summed E-state index contributed by atoms with van der Waals surface area (Å²) in [5, 5.41) is 0. The number of hydrogen-bond donors (Lipinski definition) is 1. The predicted octanol–water partition coefficient (Wildman–Crippen LogP) is 3.66. The fourth-order valence-corrected chi connectivity index (χ4v) is 3.45. The van der Waals surface area contributed by atoms with Crippen LogP contribution in [0.25, 0.3) is 5.57 Å². The molecule has 1 aliphatic heterocycles. The van der Waals surface area contributed by atoms with E-state index in [-0.39, 0.29) is 6.79 Å². The topological polar surface area (TPSA) is 53.7 Å². The molecule has 1 aromatic rings. The summed E-state index contributed by atoms with van der Waals surface area (Å²) in [6.07, 6.45) is 7.33. The van der Waals surface area contributed by atoms with E-state index < -0.39 is 0 Å². The number of benzene rings is 1. The lowest BCUT2D eigenvalue weighted by molar-refractivity contribution is 0.0508. The van der Waals surface area contributed by atoms with E-state index in [1.807, 2.05) is 6.08 Å². The Kier molecular flexibility index (Phi) is 4.50. The summed E-state index contributed by atoms with van der Waals surface area (Å²) in [7, 11) is 1.64. The van der Waals surface area contributed by atoms with Gasteiger partial charge in [-0.15, -0.1) is 0 Å². The molecule has 1 aromatic carbocycles. The first-order valence-corrected chi connectivity index (χ1v) is 8.77. The SMILES string of the molecule is COCOc1cc(C2CC2)ccc1C1=CC=C=C(N)C2=C1CCOC2. The molecule has 4 rings (SSSR count). The Hall–Kier alpha value is -2.26. The standard InChI is InChI=1S/C21H23NO3/c1-23-13-25-21-11-15(14-5-6-14)7-8-18(21)16-3-2-4-20(22)19-12-24-10-9-17(16)19/h2-3,7-8,11,14H,5-6,9-10,12-13,22H2,1H3. The van der Waals surface area contributed by atoms with Crippen LogP contribution in [0.15, 0.2) is 52.9 Å². The smallest absolute Gasteiger partial charge is 0.188 e. The van der Waals surface area contributed by atoms with E-state index in [0.29, 0.717) is 24.8 Å². The molecule has 0 amide bonds. The van der Waals surface area contributed by atoms with Gasteiger partial charge in [0.15, 0.2) is 6.79 Å². The van der Waals surface area contributed by atoms with E-state index >= 15 is 0 Å². The number of ether oxygens (including phenoxy) is 3. The highest BCUT2D eigenvalue weighted by Gasteiger charge is 2.26. The van der Waals surface area contributed by atoms with Crippen molar-refractivity contribution >= 4 is 5.57 Å². The van der Waals surface area contributed by atoms with Crippen LogP contribution in [-0.2, 0) is 9.47 Å². The van der Waals surface area contributed by atoms with Crippen molar-refractivity contribution in [3.8, 4) is 5.75 Å². The molecule has 4 nitrogen and oxygen atoms in total. The monoisotopic (exact) mass is 337 g/mol. The third-order valence-corrected chi connectivity index (χ3v) is 4.92. The second-order valence-electron chi connectivity index (χ2n) is 6.65. The molecule has 0 aromatic heterocycles. The van der Waals surface area contributed by atoms with E-state index in [1.165, 1.54) is 24.0 Å². The van der Waals surface area contributed by atoms with Crippen molar-refractivity contribution in [2.45, 2.75) is 25.2 Å². The number of hydrogen-bond acceptors (Lipinski definition) is 4. The summed E-state index contributed by atoms with van der Waals surface area (Å²) in [6, 6.07) is 6.55. The van der Waals surface area contributed by atoms with E-state index in [1.54, 1.807) is 7.11 Å². The molecular formula is C21H23NO3. The first-order valence-electron chi connectivity index (χ1n) is 8.77. The lowest BCUT2D eigenvalue weighted by Gasteiger charge is -2.23. The van der Waals surface area contributed by atoms with Crippen LogP contribution < -0.4 is 10.5 Å². The molecule has 0 unspecified atom stereocenters. The molecule has 0 atom stereocenters. The first kappa shape index (κ1) is 16.2. The number of allylic oxidation sites excluding steroid dienone is 2. The van der Waals surface area contributed by atoms with Crippen LogP contribution in [0, 0.1) is 0 Å². The highest BCUT2D eigenvalue weighted by molar-refractivity contribution is 5.85. The van der Waals surface area contributed by atoms with Crippen LogP contribution >= 0.6 is 0 Å². The zero-order valence-corrected chi connectivity index (χ0v) is 14.5. The Balaban J connectivity index is 1.78. The molecule has 130 valence electrons. The van der Waals surface area contributed by atoms with Crippen molar-refractivity contribution in [1.29, 1.82) is 0 Å². The molecule has 0 spiro atoms. The second-order valence-corrected chi connectivity index (χ2v) is 6.65. The summed E-state index contributed by atoms with van der Waals surface area (Å²) in [5.74, 6) is 1.54. The minimum absolute atomic E-state index is 0.236. The van der Waals surface area contributed by atoms with Gasteiger partial charge in [0.05, 0.1) is 18.9 Å². The molecule has 1 heterocycles. The van der Waals surface area contributed by atoms with Gasteiger partial charge in [-0.25, -0.2) is 0 Å². The van der Waals surface area contributed by atoms with Gasteiger partial charge in [0.25, 0.3) is 0 Å². The van der Waals surface area contributed by atoms with Crippen molar-refractivity contribution in [2.75, 3.05) is 27.1 Å². The van der Waals surface area contributed by atoms with Crippen molar-refractivity contribution < 1.29 is 14.2 Å². The van der Waals surface area contributed by atoms with Crippen molar-refractivity contribution in [2.24, 2.45) is 5.73 Å². The second kappa shape index (κ2) is 6.93. The normalized spacial score (nSPS) is 19.9. The van der Waals surface area contributed by atoms with Gasteiger partial charge >= 0.3 is 0 Å². The molecule has 2 aliphatic carbocycles. The largest absolute Gasteiger partial charge is 0.467 e. The molecular weight excluding hydrogens is 314 g/mol. The van der Waals surface area contributed by atoms with Crippen LogP contribution in [0.4, 0.5) is 0 Å². The van der Waals surface area contributed by atoms with Gasteiger partial charge in [-0.3, -0.25) is 0 Å². The van der Waals surface area contributed by atoms with Crippen molar-refractivity contribution in [3.63, 3.8) is 0 Å². The van der Waals surface area contributed by atoms with Gasteiger partial charge in [0.2, 0.25) is 0 Å². The molecule has 1 saturated carbocycles. The van der Waals surface area contributed by atoms with Crippen LogP contribution in [0.3, 0.4) is 0 Å².